The van der Waals surface area contributed by atoms with Crippen LogP contribution in [0.5, 0.6) is 5.75 Å². The van der Waals surface area contributed by atoms with Gasteiger partial charge in [-0.1, -0.05) is 18.2 Å². The minimum Gasteiger partial charge on any atom is -0.481 e. The number of ether oxygens (including phenoxy) is 1. The standard InChI is InChI=1S/C18H17FN4O2/c1-13(25-17-4-2-3-15(19)9-17)18(24)22-16-7-5-14(6-8-16)10-23-12-20-11-21-23/h2-9,11-13H,10H2,1H3,(H,22,24). The molecule has 0 aliphatic heterocycles. The molecule has 6 nitrogen and oxygen atoms in total. The molecule has 1 N–H and O–H groups in total. The van der Waals surface area contributed by atoms with Crippen LogP contribution in [0.1, 0.15) is 12.5 Å². The highest BCUT2D eigenvalue weighted by Gasteiger charge is 2.15. The van der Waals surface area contributed by atoms with Crippen molar-refractivity contribution < 1.29 is 13.9 Å². The molecule has 1 aromatic heterocycles. The van der Waals surface area contributed by atoms with Crippen molar-refractivity contribution in [2.75, 3.05) is 5.32 Å². The fourth-order valence-electron chi connectivity index (χ4n) is 2.24. The maximum atomic E-state index is 13.1. The molecular formula is C18H17FN4O2. The molecule has 0 aliphatic rings. The van der Waals surface area contributed by atoms with E-state index in [4.69, 9.17) is 4.74 Å². The largest absolute Gasteiger partial charge is 0.481 e. The Hall–Kier alpha value is -3.22. The lowest BCUT2D eigenvalue weighted by Crippen LogP contribution is -2.30. The summed E-state index contributed by atoms with van der Waals surface area (Å²) in [5, 5.41) is 6.81. The Morgan fingerprint density at radius 3 is 2.76 bits per heavy atom. The van der Waals surface area contributed by atoms with Crippen LogP contribution in [0.3, 0.4) is 0 Å². The van der Waals surface area contributed by atoms with Crippen LogP contribution in [0.25, 0.3) is 0 Å². The summed E-state index contributed by atoms with van der Waals surface area (Å²) in [5.74, 6) is -0.410. The molecule has 3 aromatic rings. The van der Waals surface area contributed by atoms with Crippen LogP contribution in [0.15, 0.2) is 61.2 Å². The molecule has 0 fully saturated rings. The number of hydrogen-bond donors (Lipinski definition) is 1. The summed E-state index contributed by atoms with van der Waals surface area (Å²) in [4.78, 5) is 16.1. The zero-order valence-electron chi connectivity index (χ0n) is 13.6. The van der Waals surface area contributed by atoms with Gasteiger partial charge >= 0.3 is 0 Å². The van der Waals surface area contributed by atoms with Crippen molar-refractivity contribution in [2.24, 2.45) is 0 Å². The number of benzene rings is 2. The van der Waals surface area contributed by atoms with Crippen LogP contribution in [-0.2, 0) is 11.3 Å². The van der Waals surface area contributed by atoms with Crippen molar-refractivity contribution >= 4 is 11.6 Å². The molecule has 0 bridgehead atoms. The van der Waals surface area contributed by atoms with E-state index in [-0.39, 0.29) is 5.91 Å². The molecular weight excluding hydrogens is 323 g/mol. The molecule has 25 heavy (non-hydrogen) atoms. The first kappa shape index (κ1) is 16.6. The molecule has 0 saturated carbocycles. The summed E-state index contributed by atoms with van der Waals surface area (Å²) in [7, 11) is 0. The Morgan fingerprint density at radius 1 is 1.28 bits per heavy atom. The number of amides is 1. The van der Waals surface area contributed by atoms with E-state index in [0.29, 0.717) is 18.0 Å². The summed E-state index contributed by atoms with van der Waals surface area (Å²) in [6, 6.07) is 13.1. The second-order valence-corrected chi connectivity index (χ2v) is 5.50. The number of nitrogens with zero attached hydrogens (tertiary/aromatic N) is 3. The van der Waals surface area contributed by atoms with Crippen LogP contribution in [0, 0.1) is 5.82 Å². The van der Waals surface area contributed by atoms with Crippen molar-refractivity contribution in [3.63, 3.8) is 0 Å². The van der Waals surface area contributed by atoms with Gasteiger partial charge in [0.05, 0.1) is 6.54 Å². The van der Waals surface area contributed by atoms with Crippen LogP contribution < -0.4 is 10.1 Å². The average molecular weight is 340 g/mol. The van der Waals surface area contributed by atoms with Crippen LogP contribution in [0.4, 0.5) is 10.1 Å². The maximum absolute atomic E-state index is 13.1. The van der Waals surface area contributed by atoms with Crippen molar-refractivity contribution in [1.29, 1.82) is 0 Å². The fraction of sp³-hybridized carbons (Fsp3) is 0.167. The molecule has 1 unspecified atom stereocenters. The summed E-state index contributed by atoms with van der Waals surface area (Å²) >= 11 is 0. The first-order valence-corrected chi connectivity index (χ1v) is 7.74. The Balaban J connectivity index is 1.56. The molecule has 3 rings (SSSR count). The molecule has 7 heteroatoms. The SMILES string of the molecule is CC(Oc1cccc(F)c1)C(=O)Nc1ccc(Cn2cncn2)cc1. The number of hydrogen-bond acceptors (Lipinski definition) is 4. The number of carbonyl (C=O) groups excluding carboxylic acids is 1. The van der Waals surface area contributed by atoms with E-state index in [2.05, 4.69) is 15.4 Å². The van der Waals surface area contributed by atoms with Crippen LogP contribution in [0.2, 0.25) is 0 Å². The lowest BCUT2D eigenvalue weighted by molar-refractivity contribution is -0.122. The number of carbonyl (C=O) groups is 1. The number of aromatic nitrogens is 3. The zero-order valence-corrected chi connectivity index (χ0v) is 13.6. The van der Waals surface area contributed by atoms with Gasteiger partial charge in [0.25, 0.3) is 5.91 Å². The molecule has 128 valence electrons. The number of anilines is 1. The summed E-state index contributed by atoms with van der Waals surface area (Å²) in [6.07, 6.45) is 2.37. The third kappa shape index (κ3) is 4.63. The molecule has 2 aromatic carbocycles. The normalized spacial score (nSPS) is 11.8. The summed E-state index contributed by atoms with van der Waals surface area (Å²) in [6.45, 7) is 2.21. The summed E-state index contributed by atoms with van der Waals surface area (Å²) in [5.41, 5.74) is 1.69. The van der Waals surface area contributed by atoms with Crippen LogP contribution in [-0.4, -0.2) is 26.8 Å². The van der Waals surface area contributed by atoms with Crippen molar-refractivity contribution in [2.45, 2.75) is 19.6 Å². The van der Waals surface area contributed by atoms with Gasteiger partial charge in [0.15, 0.2) is 6.10 Å². The van der Waals surface area contributed by atoms with E-state index >= 15 is 0 Å². The molecule has 0 spiro atoms. The van der Waals surface area contributed by atoms with E-state index in [1.165, 1.54) is 24.5 Å². The highest BCUT2D eigenvalue weighted by molar-refractivity contribution is 5.94. The van der Waals surface area contributed by atoms with Crippen molar-refractivity contribution in [3.8, 4) is 5.75 Å². The van der Waals surface area contributed by atoms with E-state index in [1.54, 1.807) is 36.1 Å². The van der Waals surface area contributed by atoms with Gasteiger partial charge in [0.1, 0.15) is 24.2 Å². The minimum atomic E-state index is -0.753. The smallest absolute Gasteiger partial charge is 0.265 e. The Labute approximate surface area is 144 Å². The summed E-state index contributed by atoms with van der Waals surface area (Å²) < 4.78 is 20.3. The van der Waals surface area contributed by atoms with Gasteiger partial charge in [-0.3, -0.25) is 4.79 Å². The predicted octanol–water partition coefficient (Wildman–Crippen LogP) is 2.87. The van der Waals surface area contributed by atoms with Gasteiger partial charge in [-0.25, -0.2) is 14.1 Å². The third-order valence-corrected chi connectivity index (χ3v) is 3.51. The Morgan fingerprint density at radius 2 is 2.08 bits per heavy atom. The van der Waals surface area contributed by atoms with Gasteiger partial charge in [-0.15, -0.1) is 0 Å². The van der Waals surface area contributed by atoms with E-state index < -0.39 is 11.9 Å². The van der Waals surface area contributed by atoms with Crippen molar-refractivity contribution in [3.05, 3.63) is 72.6 Å². The quantitative estimate of drug-likeness (QED) is 0.749. The molecule has 1 heterocycles. The van der Waals surface area contributed by atoms with Gasteiger partial charge in [0, 0.05) is 11.8 Å². The first-order valence-electron chi connectivity index (χ1n) is 7.74. The fourth-order valence-corrected chi connectivity index (χ4v) is 2.24. The second-order valence-electron chi connectivity index (χ2n) is 5.50. The predicted molar refractivity (Wildman–Crippen MR) is 90.7 cm³/mol. The molecule has 0 aliphatic carbocycles. The van der Waals surface area contributed by atoms with Gasteiger partial charge in [-0.2, -0.15) is 5.10 Å². The molecule has 1 amide bonds. The van der Waals surface area contributed by atoms with Crippen molar-refractivity contribution in [1.82, 2.24) is 14.8 Å². The number of rotatable bonds is 6. The van der Waals surface area contributed by atoms with Crippen LogP contribution >= 0.6 is 0 Å². The zero-order chi connectivity index (χ0) is 17.6. The minimum absolute atomic E-state index is 0.311. The molecule has 0 saturated heterocycles. The van der Waals surface area contributed by atoms with Gasteiger partial charge in [-0.05, 0) is 36.8 Å². The molecule has 1 atom stereocenters. The highest BCUT2D eigenvalue weighted by atomic mass is 19.1. The third-order valence-electron chi connectivity index (χ3n) is 3.51. The van der Waals surface area contributed by atoms with Gasteiger partial charge in [0.2, 0.25) is 0 Å². The highest BCUT2D eigenvalue weighted by Crippen LogP contribution is 2.15. The monoisotopic (exact) mass is 340 g/mol. The van der Waals surface area contributed by atoms with E-state index in [9.17, 15) is 9.18 Å². The van der Waals surface area contributed by atoms with E-state index in [1.807, 2.05) is 12.1 Å². The number of nitrogens with one attached hydrogen (secondary N) is 1. The maximum Gasteiger partial charge on any atom is 0.265 e. The topological polar surface area (TPSA) is 69.0 Å². The Kier molecular flexibility index (Phi) is 5.03. The van der Waals surface area contributed by atoms with Gasteiger partial charge < -0.3 is 10.1 Å². The number of halogens is 1. The molecule has 0 radical (unpaired) electrons. The lowest BCUT2D eigenvalue weighted by Gasteiger charge is -2.15. The Bertz CT molecular complexity index is 835. The lowest BCUT2D eigenvalue weighted by atomic mass is 10.2. The van der Waals surface area contributed by atoms with E-state index in [0.717, 1.165) is 5.56 Å². The average Bonchev–Trinajstić information content (AvgIpc) is 3.09. The first-order chi connectivity index (χ1) is 12.1. The second kappa shape index (κ2) is 7.57.